The summed E-state index contributed by atoms with van der Waals surface area (Å²) < 4.78 is 34.6. The first-order valence-corrected chi connectivity index (χ1v) is 12.4. The molecule has 0 radical (unpaired) electrons. The third kappa shape index (κ3) is 5.27. The number of hydrogen-bond donors (Lipinski definition) is 2. The predicted molar refractivity (Wildman–Crippen MR) is 135 cm³/mol. The highest BCUT2D eigenvalue weighted by Crippen LogP contribution is 2.26. The molecule has 34 heavy (non-hydrogen) atoms. The van der Waals surface area contributed by atoms with E-state index in [0.717, 1.165) is 21.9 Å². The number of hydrogen-bond acceptors (Lipinski definition) is 4. The molecule has 2 N–H and O–H groups in total. The minimum absolute atomic E-state index is 0.00831. The summed E-state index contributed by atoms with van der Waals surface area (Å²) in [6, 6.07) is 26.5. The van der Waals surface area contributed by atoms with E-state index >= 15 is 0 Å². The maximum Gasteiger partial charge on any atom is 0.245 e. The summed E-state index contributed by atoms with van der Waals surface area (Å²) in [4.78, 5) is 13.4. The van der Waals surface area contributed by atoms with Crippen molar-refractivity contribution in [3.8, 4) is 5.75 Å². The van der Waals surface area contributed by atoms with Crippen LogP contribution in [0.1, 0.15) is 11.1 Å². The molecule has 7 heteroatoms. The van der Waals surface area contributed by atoms with Gasteiger partial charge in [-0.05, 0) is 48.1 Å². The molecule has 0 aliphatic heterocycles. The fourth-order valence-electron chi connectivity index (χ4n) is 3.84. The lowest BCUT2D eigenvalue weighted by molar-refractivity contribution is -0.117. The number of anilines is 1. The molecule has 1 amide bonds. The lowest BCUT2D eigenvalue weighted by Crippen LogP contribution is -2.45. The van der Waals surface area contributed by atoms with Gasteiger partial charge in [0.25, 0.3) is 0 Å². The van der Waals surface area contributed by atoms with Crippen molar-refractivity contribution in [3.05, 3.63) is 102 Å². The Morgan fingerprint density at radius 1 is 0.912 bits per heavy atom. The molecule has 174 valence electrons. The Hall–Kier alpha value is -3.68. The van der Waals surface area contributed by atoms with E-state index in [1.54, 1.807) is 25.1 Å². The molecule has 1 atom stereocenters. The van der Waals surface area contributed by atoms with Gasteiger partial charge in [0.2, 0.25) is 15.9 Å². The second-order valence-electron chi connectivity index (χ2n) is 8.03. The number of carbonyl (C=O) groups is 1. The Morgan fingerprint density at radius 2 is 1.62 bits per heavy atom. The van der Waals surface area contributed by atoms with E-state index in [9.17, 15) is 13.2 Å². The molecule has 0 bridgehead atoms. The van der Waals surface area contributed by atoms with Crippen molar-refractivity contribution in [1.29, 1.82) is 0 Å². The van der Waals surface area contributed by atoms with Gasteiger partial charge >= 0.3 is 0 Å². The van der Waals surface area contributed by atoms with Crippen molar-refractivity contribution < 1.29 is 17.9 Å². The van der Waals surface area contributed by atoms with Gasteiger partial charge in [0, 0.05) is 11.1 Å². The first-order valence-electron chi connectivity index (χ1n) is 10.9. The molecule has 0 saturated heterocycles. The number of carbonyl (C=O) groups excluding carboxylic acids is 1. The minimum Gasteiger partial charge on any atom is -0.495 e. The van der Waals surface area contributed by atoms with Gasteiger partial charge in [0.1, 0.15) is 16.7 Å². The van der Waals surface area contributed by atoms with E-state index in [4.69, 9.17) is 4.74 Å². The van der Waals surface area contributed by atoms with Crippen molar-refractivity contribution in [2.75, 3.05) is 12.4 Å². The first kappa shape index (κ1) is 23.5. The van der Waals surface area contributed by atoms with Gasteiger partial charge in [-0.2, -0.15) is 4.72 Å². The Morgan fingerprint density at radius 3 is 2.38 bits per heavy atom. The van der Waals surface area contributed by atoms with E-state index in [1.807, 2.05) is 66.7 Å². The Balaban J connectivity index is 1.68. The zero-order valence-electron chi connectivity index (χ0n) is 19.0. The van der Waals surface area contributed by atoms with Crippen molar-refractivity contribution >= 4 is 32.4 Å². The van der Waals surface area contributed by atoms with Crippen LogP contribution in [-0.4, -0.2) is 27.5 Å². The lowest BCUT2D eigenvalue weighted by Gasteiger charge is -2.20. The van der Waals surface area contributed by atoms with Crippen LogP contribution in [0.3, 0.4) is 0 Å². The quantitative estimate of drug-likeness (QED) is 0.388. The van der Waals surface area contributed by atoms with Gasteiger partial charge in [0.15, 0.2) is 0 Å². The average molecular weight is 475 g/mol. The first-order chi connectivity index (χ1) is 16.4. The fraction of sp³-hybridized carbons (Fsp3) is 0.148. The standard InChI is InChI=1S/C27H26N2O4S/c1-19-15-16-25(33-2)26(17-19)34(31,32)29-24(18-20-9-4-3-5-10-20)27(30)28-23-14-8-12-21-11-6-7-13-22(21)23/h3-17,24,29H,18H2,1-2H3,(H,28,30)/t24-/m0/s1. The van der Waals surface area contributed by atoms with Gasteiger partial charge < -0.3 is 10.1 Å². The maximum absolute atomic E-state index is 13.4. The zero-order valence-corrected chi connectivity index (χ0v) is 19.8. The largest absolute Gasteiger partial charge is 0.495 e. The molecule has 0 aliphatic rings. The molecular weight excluding hydrogens is 448 g/mol. The van der Waals surface area contributed by atoms with Gasteiger partial charge in [-0.1, -0.05) is 72.8 Å². The molecule has 4 aromatic carbocycles. The van der Waals surface area contributed by atoms with Crippen molar-refractivity contribution in [2.45, 2.75) is 24.3 Å². The van der Waals surface area contributed by atoms with E-state index in [2.05, 4.69) is 10.0 Å². The Bertz CT molecular complexity index is 1410. The molecule has 0 spiro atoms. The van der Waals surface area contributed by atoms with Crippen LogP contribution < -0.4 is 14.8 Å². The van der Waals surface area contributed by atoms with Crippen LogP contribution in [0.4, 0.5) is 5.69 Å². The van der Waals surface area contributed by atoms with Crippen LogP contribution in [0, 0.1) is 6.92 Å². The van der Waals surface area contributed by atoms with Crippen LogP contribution in [0.2, 0.25) is 0 Å². The highest BCUT2D eigenvalue weighted by molar-refractivity contribution is 7.89. The fourth-order valence-corrected chi connectivity index (χ4v) is 5.29. The Labute approximate surface area is 199 Å². The van der Waals surface area contributed by atoms with Crippen molar-refractivity contribution in [2.24, 2.45) is 0 Å². The van der Waals surface area contributed by atoms with E-state index in [0.29, 0.717) is 5.69 Å². The molecule has 6 nitrogen and oxygen atoms in total. The number of ether oxygens (including phenoxy) is 1. The number of benzene rings is 4. The summed E-state index contributed by atoms with van der Waals surface area (Å²) in [5.74, 6) is -0.235. The summed E-state index contributed by atoms with van der Waals surface area (Å²) >= 11 is 0. The molecule has 0 aromatic heterocycles. The third-order valence-electron chi connectivity index (χ3n) is 5.55. The van der Waals surface area contributed by atoms with Crippen molar-refractivity contribution in [3.63, 3.8) is 0 Å². The van der Waals surface area contributed by atoms with Gasteiger partial charge in [0.05, 0.1) is 7.11 Å². The topological polar surface area (TPSA) is 84.5 Å². The second-order valence-corrected chi connectivity index (χ2v) is 9.72. The van der Waals surface area contributed by atoms with Crippen molar-refractivity contribution in [1.82, 2.24) is 4.72 Å². The van der Waals surface area contributed by atoms with Crippen LogP contribution in [0.5, 0.6) is 5.75 Å². The maximum atomic E-state index is 13.4. The van der Waals surface area contributed by atoms with Crippen LogP contribution >= 0.6 is 0 Å². The highest BCUT2D eigenvalue weighted by atomic mass is 32.2. The lowest BCUT2D eigenvalue weighted by atomic mass is 10.1. The summed E-state index contributed by atoms with van der Waals surface area (Å²) in [5.41, 5.74) is 2.22. The number of sulfonamides is 1. The SMILES string of the molecule is COc1ccc(C)cc1S(=O)(=O)N[C@@H](Cc1ccccc1)C(=O)Nc1cccc2ccccc12. The molecule has 0 fully saturated rings. The van der Waals surface area contributed by atoms with Gasteiger partial charge in [-0.15, -0.1) is 0 Å². The number of methoxy groups -OCH3 is 1. The number of nitrogens with one attached hydrogen (secondary N) is 2. The van der Waals surface area contributed by atoms with Crippen LogP contribution in [0.15, 0.2) is 95.9 Å². The predicted octanol–water partition coefficient (Wildman–Crippen LogP) is 4.69. The van der Waals surface area contributed by atoms with Gasteiger partial charge in [-0.3, -0.25) is 4.79 Å². The summed E-state index contributed by atoms with van der Waals surface area (Å²) in [7, 11) is -2.65. The van der Waals surface area contributed by atoms with E-state index in [-0.39, 0.29) is 17.1 Å². The monoisotopic (exact) mass is 474 g/mol. The van der Waals surface area contributed by atoms with Crippen LogP contribution in [-0.2, 0) is 21.2 Å². The van der Waals surface area contributed by atoms with E-state index in [1.165, 1.54) is 13.2 Å². The number of amides is 1. The molecular formula is C27H26N2O4S. The van der Waals surface area contributed by atoms with E-state index < -0.39 is 22.0 Å². The smallest absolute Gasteiger partial charge is 0.245 e. The zero-order chi connectivity index (χ0) is 24.1. The minimum atomic E-state index is -4.06. The van der Waals surface area contributed by atoms with Crippen LogP contribution in [0.25, 0.3) is 10.8 Å². The van der Waals surface area contributed by atoms with Gasteiger partial charge in [-0.25, -0.2) is 8.42 Å². The molecule has 4 rings (SSSR count). The summed E-state index contributed by atoms with van der Waals surface area (Å²) in [6.45, 7) is 1.80. The molecule has 0 aliphatic carbocycles. The number of aryl methyl sites for hydroxylation is 1. The third-order valence-corrected chi connectivity index (χ3v) is 7.05. The summed E-state index contributed by atoms with van der Waals surface area (Å²) in [6.07, 6.45) is 0.185. The number of fused-ring (bicyclic) bond motifs is 1. The molecule has 4 aromatic rings. The molecule has 0 unspecified atom stereocenters. The average Bonchev–Trinajstić information content (AvgIpc) is 2.84. The second kappa shape index (κ2) is 10.1. The molecule has 0 heterocycles. The highest BCUT2D eigenvalue weighted by Gasteiger charge is 2.28. The number of rotatable bonds is 8. The molecule has 0 saturated carbocycles. The normalized spacial score (nSPS) is 12.3. The summed E-state index contributed by atoms with van der Waals surface area (Å²) in [5, 5.41) is 4.77. The Kier molecular flexibility index (Phi) is 6.95.